The van der Waals surface area contributed by atoms with Gasteiger partial charge in [-0.1, -0.05) is 17.7 Å². The largest absolute Gasteiger partial charge is 0.396 e. The van der Waals surface area contributed by atoms with Crippen molar-refractivity contribution in [3.63, 3.8) is 0 Å². The van der Waals surface area contributed by atoms with Crippen LogP contribution in [0.5, 0.6) is 0 Å². The van der Waals surface area contributed by atoms with E-state index in [2.05, 4.69) is 10.4 Å². The molecule has 2 heterocycles. The van der Waals surface area contributed by atoms with Gasteiger partial charge in [0.2, 0.25) is 0 Å². The lowest BCUT2D eigenvalue weighted by molar-refractivity contribution is 0.0955. The molecule has 0 bridgehead atoms. The lowest BCUT2D eigenvalue weighted by Crippen LogP contribution is -2.24. The number of aryl methyl sites for hydroxylation is 1. The first kappa shape index (κ1) is 16.0. The average molecular weight is 350 g/mol. The number of benzene rings is 1. The van der Waals surface area contributed by atoms with Crippen molar-refractivity contribution < 1.29 is 9.90 Å². The van der Waals surface area contributed by atoms with Crippen LogP contribution in [0.1, 0.15) is 21.8 Å². The summed E-state index contributed by atoms with van der Waals surface area (Å²) in [4.78, 5) is 13.7. The van der Waals surface area contributed by atoms with Gasteiger partial charge in [0.05, 0.1) is 16.3 Å². The Morgan fingerprint density at radius 2 is 2.26 bits per heavy atom. The lowest BCUT2D eigenvalue weighted by Gasteiger charge is -2.03. The van der Waals surface area contributed by atoms with Crippen molar-refractivity contribution >= 4 is 39.1 Å². The second-order valence-electron chi connectivity index (χ2n) is 5.14. The van der Waals surface area contributed by atoms with Gasteiger partial charge in [0, 0.05) is 23.6 Å². The fraction of sp³-hybridized carbons (Fsp3) is 0.250. The number of fused-ring (bicyclic) bond motifs is 1. The van der Waals surface area contributed by atoms with E-state index in [0.29, 0.717) is 22.9 Å². The maximum atomic E-state index is 12.2. The van der Waals surface area contributed by atoms with E-state index >= 15 is 0 Å². The summed E-state index contributed by atoms with van der Waals surface area (Å²) in [6.45, 7) is 2.45. The number of nitrogens with zero attached hydrogens (tertiary/aromatic N) is 2. The van der Waals surface area contributed by atoms with Gasteiger partial charge in [0.15, 0.2) is 0 Å². The van der Waals surface area contributed by atoms with Crippen molar-refractivity contribution in [3.8, 4) is 5.69 Å². The molecule has 0 saturated carbocycles. The molecule has 0 atom stereocenters. The van der Waals surface area contributed by atoms with E-state index < -0.39 is 0 Å². The first-order valence-corrected chi connectivity index (χ1v) is 8.44. The molecule has 0 aliphatic carbocycles. The Labute approximate surface area is 142 Å². The molecular formula is C16H16ClN3O2S. The molecule has 0 spiro atoms. The van der Waals surface area contributed by atoms with Crippen LogP contribution in [0.4, 0.5) is 0 Å². The predicted molar refractivity (Wildman–Crippen MR) is 92.7 cm³/mol. The smallest absolute Gasteiger partial charge is 0.261 e. The van der Waals surface area contributed by atoms with Crippen LogP contribution in [0, 0.1) is 6.92 Å². The third-order valence-corrected chi connectivity index (χ3v) is 4.79. The molecular weight excluding hydrogens is 334 g/mol. The number of carbonyl (C=O) groups is 1. The summed E-state index contributed by atoms with van der Waals surface area (Å²) in [7, 11) is 0. The van der Waals surface area contributed by atoms with Crippen molar-refractivity contribution in [3.05, 3.63) is 45.9 Å². The van der Waals surface area contributed by atoms with Crippen LogP contribution in [0.15, 0.2) is 30.3 Å². The predicted octanol–water partition coefficient (Wildman–Crippen LogP) is 3.16. The molecule has 0 unspecified atom stereocenters. The number of aliphatic hydroxyl groups is 1. The Morgan fingerprint density at radius 1 is 1.43 bits per heavy atom. The van der Waals surface area contributed by atoms with Crippen molar-refractivity contribution in [1.29, 1.82) is 0 Å². The van der Waals surface area contributed by atoms with E-state index in [9.17, 15) is 4.79 Å². The van der Waals surface area contributed by atoms with Gasteiger partial charge in [-0.2, -0.15) is 5.10 Å². The van der Waals surface area contributed by atoms with Gasteiger partial charge in [-0.25, -0.2) is 4.68 Å². The van der Waals surface area contributed by atoms with Crippen LogP contribution in [0.25, 0.3) is 15.9 Å². The molecule has 3 rings (SSSR count). The highest BCUT2D eigenvalue weighted by Gasteiger charge is 2.17. The van der Waals surface area contributed by atoms with E-state index in [1.54, 1.807) is 0 Å². The van der Waals surface area contributed by atoms with Crippen LogP contribution in [-0.4, -0.2) is 33.9 Å². The van der Waals surface area contributed by atoms with Gasteiger partial charge in [-0.05, 0) is 37.6 Å². The van der Waals surface area contributed by atoms with E-state index in [1.165, 1.54) is 11.3 Å². The molecule has 0 saturated heterocycles. The Morgan fingerprint density at radius 3 is 3.00 bits per heavy atom. The number of thiophene rings is 1. The summed E-state index contributed by atoms with van der Waals surface area (Å²) in [6, 6.07) is 9.31. The molecule has 0 aliphatic rings. The van der Waals surface area contributed by atoms with Gasteiger partial charge in [0.1, 0.15) is 4.83 Å². The number of aliphatic hydroxyl groups excluding tert-OH is 1. The standard InChI is InChI=1S/C16H16ClN3O2S/c1-10-13-9-14(15(22)18-6-3-7-21)23-16(13)20(19-10)12-5-2-4-11(17)8-12/h2,4-5,8-9,21H,3,6-7H2,1H3,(H,18,22). The number of amides is 1. The van der Waals surface area contributed by atoms with E-state index in [-0.39, 0.29) is 12.5 Å². The number of hydrogen-bond acceptors (Lipinski definition) is 4. The number of carbonyl (C=O) groups excluding carboxylic acids is 1. The summed E-state index contributed by atoms with van der Waals surface area (Å²) in [5, 5.41) is 17.7. The minimum Gasteiger partial charge on any atom is -0.396 e. The highest BCUT2D eigenvalue weighted by Crippen LogP contribution is 2.30. The normalized spacial score (nSPS) is 11.1. The summed E-state index contributed by atoms with van der Waals surface area (Å²) in [5.74, 6) is -0.128. The average Bonchev–Trinajstić information content (AvgIpc) is 3.08. The molecule has 3 aromatic rings. The molecule has 0 aliphatic heterocycles. The van der Waals surface area contributed by atoms with Crippen LogP contribution < -0.4 is 5.32 Å². The zero-order valence-electron chi connectivity index (χ0n) is 12.5. The highest BCUT2D eigenvalue weighted by molar-refractivity contribution is 7.20. The molecule has 120 valence electrons. The van der Waals surface area contributed by atoms with Crippen molar-refractivity contribution in [2.45, 2.75) is 13.3 Å². The van der Waals surface area contributed by atoms with Crippen LogP contribution in [0.2, 0.25) is 5.02 Å². The molecule has 2 aromatic heterocycles. The van der Waals surface area contributed by atoms with E-state index in [0.717, 1.165) is 21.6 Å². The number of rotatable bonds is 5. The van der Waals surface area contributed by atoms with E-state index in [4.69, 9.17) is 16.7 Å². The van der Waals surface area contributed by atoms with E-state index in [1.807, 2.05) is 41.9 Å². The molecule has 1 aromatic carbocycles. The quantitative estimate of drug-likeness (QED) is 0.695. The minimum absolute atomic E-state index is 0.0650. The van der Waals surface area contributed by atoms with Gasteiger partial charge >= 0.3 is 0 Å². The Balaban J connectivity index is 1.97. The monoisotopic (exact) mass is 349 g/mol. The topological polar surface area (TPSA) is 67.2 Å². The molecule has 2 N–H and O–H groups in total. The summed E-state index contributed by atoms with van der Waals surface area (Å²) in [6.07, 6.45) is 0.548. The van der Waals surface area contributed by atoms with Gasteiger partial charge in [0.25, 0.3) is 5.91 Å². The first-order chi connectivity index (χ1) is 11.1. The SMILES string of the molecule is Cc1nn(-c2cccc(Cl)c2)c2sc(C(=O)NCCCO)cc12. The third kappa shape index (κ3) is 3.24. The van der Waals surface area contributed by atoms with Gasteiger partial charge in [-0.15, -0.1) is 11.3 Å². The summed E-state index contributed by atoms with van der Waals surface area (Å²) < 4.78 is 1.81. The maximum absolute atomic E-state index is 12.2. The molecule has 0 radical (unpaired) electrons. The zero-order chi connectivity index (χ0) is 16.4. The molecule has 5 nitrogen and oxygen atoms in total. The fourth-order valence-corrected chi connectivity index (χ4v) is 3.59. The van der Waals surface area contributed by atoms with Crippen molar-refractivity contribution in [1.82, 2.24) is 15.1 Å². The lowest BCUT2D eigenvalue weighted by atomic mass is 10.3. The van der Waals surface area contributed by atoms with Crippen LogP contribution >= 0.6 is 22.9 Å². The van der Waals surface area contributed by atoms with Gasteiger partial charge < -0.3 is 10.4 Å². The fourth-order valence-electron chi connectivity index (χ4n) is 2.31. The number of hydrogen-bond donors (Lipinski definition) is 2. The van der Waals surface area contributed by atoms with Crippen LogP contribution in [0.3, 0.4) is 0 Å². The maximum Gasteiger partial charge on any atom is 0.261 e. The second kappa shape index (κ2) is 6.70. The summed E-state index contributed by atoms with van der Waals surface area (Å²) >= 11 is 7.45. The Hall–Kier alpha value is -1.89. The van der Waals surface area contributed by atoms with Crippen molar-refractivity contribution in [2.75, 3.05) is 13.2 Å². The minimum atomic E-state index is -0.128. The molecule has 1 amide bonds. The molecule has 7 heteroatoms. The molecule has 0 fully saturated rings. The third-order valence-electron chi connectivity index (χ3n) is 3.44. The first-order valence-electron chi connectivity index (χ1n) is 7.24. The molecule has 23 heavy (non-hydrogen) atoms. The second-order valence-corrected chi connectivity index (χ2v) is 6.61. The number of nitrogens with one attached hydrogen (secondary N) is 1. The number of aromatic nitrogens is 2. The highest BCUT2D eigenvalue weighted by atomic mass is 35.5. The summed E-state index contributed by atoms with van der Waals surface area (Å²) in [5.41, 5.74) is 1.73. The zero-order valence-corrected chi connectivity index (χ0v) is 14.1. The van der Waals surface area contributed by atoms with Crippen LogP contribution in [-0.2, 0) is 0 Å². The van der Waals surface area contributed by atoms with Gasteiger partial charge in [-0.3, -0.25) is 4.79 Å². The number of halogens is 1. The van der Waals surface area contributed by atoms with Crippen molar-refractivity contribution in [2.24, 2.45) is 0 Å². The Kier molecular flexibility index (Phi) is 4.66. The Bertz CT molecular complexity index is 856.